The maximum absolute atomic E-state index is 2.54. The van der Waals surface area contributed by atoms with Crippen LogP contribution in [-0.2, 0) is 0 Å². The van der Waals surface area contributed by atoms with E-state index < -0.39 is 7.26 Å². The van der Waals surface area contributed by atoms with Gasteiger partial charge in [0.05, 0.1) is 0 Å². The van der Waals surface area contributed by atoms with Crippen molar-refractivity contribution in [2.45, 2.75) is 78.1 Å². The Hall–Kier alpha value is 0.430. The normalized spacial score (nSPS) is 12.9. The first kappa shape index (κ1) is 17.4. The van der Waals surface area contributed by atoms with E-state index in [0.717, 1.165) is 0 Å². The topological polar surface area (TPSA) is 0 Å². The average molecular weight is 260 g/mol. The first-order valence-electron chi connectivity index (χ1n) is 8.12. The maximum atomic E-state index is 2.54. The van der Waals surface area contributed by atoms with Crippen LogP contribution < -0.4 is 0 Å². The van der Waals surface area contributed by atoms with Gasteiger partial charge in [-0.2, -0.15) is 0 Å². The Morgan fingerprint density at radius 2 is 1.00 bits per heavy atom. The molecule has 0 aliphatic heterocycles. The molecule has 0 rings (SSSR count). The predicted molar refractivity (Wildman–Crippen MR) is 87.4 cm³/mol. The summed E-state index contributed by atoms with van der Waals surface area (Å²) >= 11 is 0. The second kappa shape index (κ2) is 11.5. The van der Waals surface area contributed by atoms with Crippen LogP contribution in [0.25, 0.3) is 0 Å². The minimum atomic E-state index is -0.768. The molecule has 0 nitrogen and oxygen atoms in total. The van der Waals surface area contributed by atoms with Gasteiger partial charge in [0.1, 0.15) is 0 Å². The van der Waals surface area contributed by atoms with Crippen LogP contribution >= 0.6 is 7.26 Å². The van der Waals surface area contributed by atoms with Crippen LogP contribution in [0.5, 0.6) is 0 Å². The Kier molecular flexibility index (Phi) is 11.8. The molecule has 0 atom stereocenters. The van der Waals surface area contributed by atoms with Crippen LogP contribution in [0.3, 0.4) is 0 Å². The Balaban J connectivity index is 3.09. The molecule has 0 amide bonds. The van der Waals surface area contributed by atoms with E-state index in [1.165, 1.54) is 70.4 Å². The summed E-state index contributed by atoms with van der Waals surface area (Å²) in [6.07, 6.45) is 17.7. The molecule has 0 bridgehead atoms. The van der Waals surface area contributed by atoms with Gasteiger partial charge in [-0.25, -0.2) is 0 Å². The van der Waals surface area contributed by atoms with Gasteiger partial charge in [-0.1, -0.05) is 0 Å². The zero-order valence-electron chi connectivity index (χ0n) is 13.0. The summed E-state index contributed by atoms with van der Waals surface area (Å²) in [6.45, 7) is 9.76. The second-order valence-electron chi connectivity index (χ2n) is 6.45. The first-order chi connectivity index (χ1) is 8.12. The molecule has 0 fully saturated rings. The summed E-state index contributed by atoms with van der Waals surface area (Å²) in [7, 11) is -0.768. The summed E-state index contributed by atoms with van der Waals surface area (Å²) in [4.78, 5) is 0. The summed E-state index contributed by atoms with van der Waals surface area (Å²) in [5.74, 6) is 0. The third-order valence-electron chi connectivity index (χ3n) is 4.16. The van der Waals surface area contributed by atoms with Crippen molar-refractivity contribution >= 4 is 7.26 Å². The number of unbranched alkanes of at least 4 members (excludes halogenated alkanes) is 9. The minimum absolute atomic E-state index is 0.768. The van der Waals surface area contributed by atoms with Crippen molar-refractivity contribution < 1.29 is 0 Å². The fourth-order valence-corrected chi connectivity index (χ4v) is 3.83. The van der Waals surface area contributed by atoms with E-state index in [9.17, 15) is 0 Å². The van der Waals surface area contributed by atoms with Crippen molar-refractivity contribution in [3.8, 4) is 0 Å². The van der Waals surface area contributed by atoms with Crippen molar-refractivity contribution in [1.82, 2.24) is 0 Å². The van der Waals surface area contributed by atoms with Gasteiger partial charge in [0.2, 0.25) is 0 Å². The average Bonchev–Trinajstić information content (AvgIpc) is 2.31. The van der Waals surface area contributed by atoms with Gasteiger partial charge in [0.25, 0.3) is 0 Å². The Bertz CT molecular complexity index is 152. The van der Waals surface area contributed by atoms with Crippen LogP contribution in [0.2, 0.25) is 0 Å². The van der Waals surface area contributed by atoms with E-state index in [-0.39, 0.29) is 0 Å². The molecule has 0 spiro atoms. The molecule has 0 unspecified atom stereocenters. The predicted octanol–water partition coefficient (Wildman–Crippen LogP) is 5.94. The van der Waals surface area contributed by atoms with Gasteiger partial charge < -0.3 is 0 Å². The molecule has 17 heavy (non-hydrogen) atoms. The van der Waals surface area contributed by atoms with Gasteiger partial charge in [0.15, 0.2) is 0 Å². The van der Waals surface area contributed by atoms with E-state index >= 15 is 0 Å². The standard InChI is InChI=1S/C16H37P/c1-5-7-8-9-10-11-12-13-14-15-16-17(3,4)6-2/h17H,5-16H2,1-4H3. The summed E-state index contributed by atoms with van der Waals surface area (Å²) in [5, 5.41) is 0. The molecule has 0 aromatic carbocycles. The number of rotatable bonds is 12. The first-order valence-corrected chi connectivity index (χ1v) is 11.5. The van der Waals surface area contributed by atoms with Gasteiger partial charge in [-0.3, -0.25) is 0 Å². The van der Waals surface area contributed by atoms with E-state index in [1.54, 1.807) is 6.16 Å². The Morgan fingerprint density at radius 1 is 0.588 bits per heavy atom. The molecule has 0 aliphatic rings. The van der Waals surface area contributed by atoms with Crippen molar-refractivity contribution in [3.05, 3.63) is 0 Å². The molecule has 0 saturated carbocycles. The summed E-state index contributed by atoms with van der Waals surface area (Å²) in [6, 6.07) is 0. The van der Waals surface area contributed by atoms with E-state index in [4.69, 9.17) is 0 Å². The third-order valence-corrected chi connectivity index (χ3v) is 7.79. The molecule has 0 N–H and O–H groups in total. The monoisotopic (exact) mass is 260 g/mol. The molecule has 0 radical (unpaired) electrons. The van der Waals surface area contributed by atoms with Crippen molar-refractivity contribution in [2.75, 3.05) is 25.7 Å². The van der Waals surface area contributed by atoms with Gasteiger partial charge in [0, 0.05) is 0 Å². The summed E-state index contributed by atoms with van der Waals surface area (Å²) < 4.78 is 0. The Labute approximate surface area is 111 Å². The number of hydrogen-bond acceptors (Lipinski definition) is 0. The molecule has 106 valence electrons. The van der Waals surface area contributed by atoms with Crippen LogP contribution in [-0.4, -0.2) is 25.7 Å². The van der Waals surface area contributed by atoms with Crippen LogP contribution in [0, 0.1) is 0 Å². The molecule has 0 heterocycles. The van der Waals surface area contributed by atoms with Gasteiger partial charge >= 0.3 is 111 Å². The third kappa shape index (κ3) is 12.7. The zero-order chi connectivity index (χ0) is 13.0. The fourth-order valence-electron chi connectivity index (χ4n) is 2.27. The van der Waals surface area contributed by atoms with Gasteiger partial charge in [-0.15, -0.1) is 0 Å². The molecule has 0 aromatic rings. The summed E-state index contributed by atoms with van der Waals surface area (Å²) in [5.41, 5.74) is 0. The van der Waals surface area contributed by atoms with E-state index in [2.05, 4.69) is 27.2 Å². The quantitative estimate of drug-likeness (QED) is 0.301. The molecule has 0 aliphatic carbocycles. The van der Waals surface area contributed by atoms with Crippen molar-refractivity contribution in [1.29, 1.82) is 0 Å². The van der Waals surface area contributed by atoms with Crippen molar-refractivity contribution in [3.63, 3.8) is 0 Å². The molecular formula is C16H37P. The van der Waals surface area contributed by atoms with Crippen LogP contribution in [0.15, 0.2) is 0 Å². The SMILES string of the molecule is CCCCCCCCCCCC[PH](C)(C)CC. The number of hydrogen-bond donors (Lipinski definition) is 0. The van der Waals surface area contributed by atoms with Gasteiger partial charge in [-0.05, 0) is 0 Å². The molecular weight excluding hydrogens is 223 g/mol. The van der Waals surface area contributed by atoms with E-state index in [1.807, 2.05) is 0 Å². The second-order valence-corrected chi connectivity index (χ2v) is 12.0. The Morgan fingerprint density at radius 3 is 1.41 bits per heavy atom. The molecule has 0 saturated heterocycles. The van der Waals surface area contributed by atoms with Crippen LogP contribution in [0.4, 0.5) is 0 Å². The molecule has 1 heteroatoms. The van der Waals surface area contributed by atoms with E-state index in [0.29, 0.717) is 0 Å². The fraction of sp³-hybridized carbons (Fsp3) is 1.00. The zero-order valence-corrected chi connectivity index (χ0v) is 14.0. The van der Waals surface area contributed by atoms with Crippen LogP contribution in [0.1, 0.15) is 78.1 Å². The molecule has 0 aromatic heterocycles. The van der Waals surface area contributed by atoms with Crippen molar-refractivity contribution in [2.24, 2.45) is 0 Å².